The molecule has 2 heterocycles. The number of methoxy groups -OCH3 is 1. The molecule has 2 aromatic heterocycles. The molecule has 0 saturated carbocycles. The normalized spacial score (nSPS) is 16.3. The summed E-state index contributed by atoms with van der Waals surface area (Å²) in [6, 6.07) is 16.4. The van der Waals surface area contributed by atoms with Crippen molar-refractivity contribution >= 4 is 37.1 Å². The molecule has 1 aliphatic carbocycles. The van der Waals surface area contributed by atoms with Gasteiger partial charge in [0.2, 0.25) is 0 Å². The van der Waals surface area contributed by atoms with Gasteiger partial charge in [-0.05, 0) is 65.9 Å². The molecule has 1 amide bonds. The van der Waals surface area contributed by atoms with E-state index < -0.39 is 14.2 Å². The number of rotatable bonds is 9. The summed E-state index contributed by atoms with van der Waals surface area (Å²) in [5.41, 5.74) is 13.6. The van der Waals surface area contributed by atoms with Crippen LogP contribution in [0.4, 0.5) is 16.2 Å². The lowest BCUT2D eigenvalue weighted by Crippen LogP contribution is -2.22. The molecule has 42 heavy (non-hydrogen) atoms. The molecular formula is C32H38ClN5O3Si. The van der Waals surface area contributed by atoms with Crippen molar-refractivity contribution in [3.8, 4) is 22.4 Å². The number of halogens is 1. The summed E-state index contributed by atoms with van der Waals surface area (Å²) in [5, 5.41) is 3.34. The van der Waals surface area contributed by atoms with Gasteiger partial charge < -0.3 is 19.8 Å². The van der Waals surface area contributed by atoms with Crippen molar-refractivity contribution in [2.75, 3.05) is 24.8 Å². The van der Waals surface area contributed by atoms with Gasteiger partial charge in [0.05, 0.1) is 30.6 Å². The molecule has 1 aliphatic rings. The minimum absolute atomic E-state index is 0.0235. The highest BCUT2D eigenvalue weighted by molar-refractivity contribution is 6.76. The van der Waals surface area contributed by atoms with Gasteiger partial charge in [-0.2, -0.15) is 0 Å². The number of nitrogens with zero attached hydrogens (tertiary/aromatic N) is 3. The van der Waals surface area contributed by atoms with E-state index in [2.05, 4.69) is 42.5 Å². The fourth-order valence-corrected chi connectivity index (χ4v) is 6.31. The number of imidazole rings is 1. The van der Waals surface area contributed by atoms with Gasteiger partial charge >= 0.3 is 6.09 Å². The van der Waals surface area contributed by atoms with Crippen LogP contribution in [-0.4, -0.2) is 42.4 Å². The number of ether oxygens (including phenoxy) is 2. The molecule has 2 aromatic carbocycles. The third kappa shape index (κ3) is 6.53. The van der Waals surface area contributed by atoms with Crippen LogP contribution in [0, 0.1) is 0 Å². The summed E-state index contributed by atoms with van der Waals surface area (Å²) in [6.07, 6.45) is 4.18. The molecule has 0 saturated heterocycles. The Bertz CT molecular complexity index is 1580. The van der Waals surface area contributed by atoms with Crippen LogP contribution in [0.3, 0.4) is 0 Å². The van der Waals surface area contributed by atoms with Crippen molar-refractivity contribution in [1.29, 1.82) is 0 Å². The van der Waals surface area contributed by atoms with Crippen LogP contribution in [0.2, 0.25) is 30.7 Å². The summed E-state index contributed by atoms with van der Waals surface area (Å²) in [4.78, 5) is 21.6. The van der Waals surface area contributed by atoms with E-state index >= 15 is 0 Å². The highest BCUT2D eigenvalue weighted by Crippen LogP contribution is 2.46. The summed E-state index contributed by atoms with van der Waals surface area (Å²) < 4.78 is 13.1. The van der Waals surface area contributed by atoms with Gasteiger partial charge in [-0.15, -0.1) is 0 Å². The maximum atomic E-state index is 11.6. The third-order valence-corrected chi connectivity index (χ3v) is 9.69. The second kappa shape index (κ2) is 12.3. The summed E-state index contributed by atoms with van der Waals surface area (Å²) in [6.45, 7) is 10.4. The number of nitrogens with two attached hydrogens (primary N) is 1. The van der Waals surface area contributed by atoms with Gasteiger partial charge in [0.15, 0.2) is 0 Å². The van der Waals surface area contributed by atoms with Crippen molar-refractivity contribution in [2.24, 2.45) is 0 Å². The van der Waals surface area contributed by atoms with E-state index in [1.165, 1.54) is 12.7 Å². The first-order valence-electron chi connectivity index (χ1n) is 14.2. The number of anilines is 2. The molecule has 2 unspecified atom stereocenters. The van der Waals surface area contributed by atoms with Crippen LogP contribution in [0.1, 0.15) is 42.3 Å². The first-order chi connectivity index (χ1) is 20.0. The van der Waals surface area contributed by atoms with Crippen molar-refractivity contribution in [3.05, 3.63) is 83.0 Å². The van der Waals surface area contributed by atoms with E-state index in [0.717, 1.165) is 46.4 Å². The van der Waals surface area contributed by atoms with Crippen LogP contribution >= 0.6 is 11.6 Å². The average molecular weight is 604 g/mol. The zero-order chi connectivity index (χ0) is 30.0. The van der Waals surface area contributed by atoms with Crippen molar-refractivity contribution in [3.63, 3.8) is 0 Å². The second-order valence-electron chi connectivity index (χ2n) is 12.1. The Balaban J connectivity index is 1.49. The summed E-state index contributed by atoms with van der Waals surface area (Å²) in [7, 11) is 0.105. The van der Waals surface area contributed by atoms with Crippen LogP contribution < -0.4 is 11.1 Å². The number of pyridine rings is 1. The number of benzene rings is 2. The SMILES string of the molecule is COC(=O)Nc1ccc(-c2cnc(C3CC(C)c4cc(-c5cc(Cl)ccc5N)cnc43)n2COCC[Si](C)(C)C)cc1. The predicted octanol–water partition coefficient (Wildman–Crippen LogP) is 7.98. The van der Waals surface area contributed by atoms with Crippen molar-refractivity contribution < 1.29 is 14.3 Å². The van der Waals surface area contributed by atoms with Gasteiger partial charge in [-0.3, -0.25) is 10.3 Å². The summed E-state index contributed by atoms with van der Waals surface area (Å²) in [5.74, 6) is 1.25. The Morgan fingerprint density at radius 2 is 1.86 bits per heavy atom. The number of nitrogen functional groups attached to an aromatic ring is 1. The Hall–Kier alpha value is -3.66. The molecule has 10 heteroatoms. The molecule has 2 atom stereocenters. The van der Waals surface area contributed by atoms with E-state index in [9.17, 15) is 4.79 Å². The molecule has 4 aromatic rings. The molecule has 0 fully saturated rings. The minimum atomic E-state index is -1.24. The van der Waals surface area contributed by atoms with Crippen molar-refractivity contribution in [2.45, 2.75) is 57.6 Å². The number of hydrogen-bond donors (Lipinski definition) is 2. The molecule has 8 nitrogen and oxygen atoms in total. The number of hydrogen-bond acceptors (Lipinski definition) is 6. The number of nitrogens with one attached hydrogen (secondary N) is 1. The molecule has 3 N–H and O–H groups in total. The third-order valence-electron chi connectivity index (χ3n) is 7.75. The smallest absolute Gasteiger partial charge is 0.411 e. The van der Waals surface area contributed by atoms with Gasteiger partial charge in [0.25, 0.3) is 0 Å². The highest BCUT2D eigenvalue weighted by Gasteiger charge is 2.35. The largest absolute Gasteiger partial charge is 0.453 e. The second-order valence-corrected chi connectivity index (χ2v) is 18.1. The Morgan fingerprint density at radius 3 is 2.57 bits per heavy atom. The Kier molecular flexibility index (Phi) is 8.72. The fourth-order valence-electron chi connectivity index (χ4n) is 5.39. The van der Waals surface area contributed by atoms with Gasteiger partial charge in [0, 0.05) is 48.4 Å². The van der Waals surface area contributed by atoms with Crippen molar-refractivity contribution in [1.82, 2.24) is 14.5 Å². The molecule has 0 aliphatic heterocycles. The van der Waals surface area contributed by atoms with Gasteiger partial charge in [-0.25, -0.2) is 9.78 Å². The molecular weight excluding hydrogens is 566 g/mol. The lowest BCUT2D eigenvalue weighted by atomic mass is 9.99. The molecule has 0 spiro atoms. The van der Waals surface area contributed by atoms with E-state index in [-0.39, 0.29) is 5.92 Å². The predicted molar refractivity (Wildman–Crippen MR) is 172 cm³/mol. The molecule has 0 bridgehead atoms. The number of carbonyl (C=O) groups is 1. The number of aromatic nitrogens is 3. The van der Waals surface area contributed by atoms with E-state index in [1.807, 2.05) is 48.8 Å². The maximum Gasteiger partial charge on any atom is 0.411 e. The number of amides is 1. The van der Waals surface area contributed by atoms with Crippen LogP contribution in [0.15, 0.2) is 60.9 Å². The highest BCUT2D eigenvalue weighted by atomic mass is 35.5. The number of carbonyl (C=O) groups excluding carboxylic acids is 1. The molecule has 5 rings (SSSR count). The topological polar surface area (TPSA) is 104 Å². The molecule has 0 radical (unpaired) electrons. The lowest BCUT2D eigenvalue weighted by Gasteiger charge is -2.19. The zero-order valence-electron chi connectivity index (χ0n) is 24.8. The minimum Gasteiger partial charge on any atom is -0.453 e. The Morgan fingerprint density at radius 1 is 1.10 bits per heavy atom. The van der Waals surface area contributed by atoms with E-state index in [0.29, 0.717) is 35.7 Å². The maximum absolute atomic E-state index is 11.6. The monoisotopic (exact) mass is 603 g/mol. The van der Waals surface area contributed by atoms with Gasteiger partial charge in [0.1, 0.15) is 12.6 Å². The Labute approximate surface area is 253 Å². The quantitative estimate of drug-likeness (QED) is 0.114. The van der Waals surface area contributed by atoms with E-state index in [4.69, 9.17) is 36.8 Å². The number of fused-ring (bicyclic) bond motifs is 1. The molecule has 220 valence electrons. The first kappa shape index (κ1) is 29.8. The standard InChI is InChI=1S/C32H38ClN5O3Si/c1-20-14-27(30-25(20)15-22(17-35-30)26-16-23(33)8-11-28(26)34)31-36-18-29(38(31)19-41-12-13-42(3,4)5)21-6-9-24(10-7-21)37-32(39)40-2/h6-11,15-18,20,27H,12-14,19,34H2,1-5H3,(H,37,39). The van der Waals surface area contributed by atoms with E-state index in [1.54, 1.807) is 6.07 Å². The van der Waals surface area contributed by atoms with Crippen LogP contribution in [-0.2, 0) is 16.2 Å². The first-order valence-corrected chi connectivity index (χ1v) is 18.3. The summed E-state index contributed by atoms with van der Waals surface area (Å²) >= 11 is 6.28. The van der Waals surface area contributed by atoms with Crippen LogP contribution in [0.25, 0.3) is 22.4 Å². The van der Waals surface area contributed by atoms with Gasteiger partial charge in [-0.1, -0.05) is 50.3 Å². The van der Waals surface area contributed by atoms with Crippen LogP contribution in [0.5, 0.6) is 0 Å². The fraction of sp³-hybridized carbons (Fsp3) is 0.344. The average Bonchev–Trinajstić information content (AvgIpc) is 3.52. The zero-order valence-corrected chi connectivity index (χ0v) is 26.5. The lowest BCUT2D eigenvalue weighted by molar-refractivity contribution is 0.0856.